The Hall–Kier alpha value is -2.48. The monoisotopic (exact) mass is 374 g/mol. The summed E-state index contributed by atoms with van der Waals surface area (Å²) < 4.78 is 5.50. The van der Waals surface area contributed by atoms with Gasteiger partial charge in [-0.1, -0.05) is 41.4 Å². The van der Waals surface area contributed by atoms with Crippen LogP contribution in [0, 0.1) is 11.3 Å². The predicted molar refractivity (Wildman–Crippen MR) is 98.7 cm³/mol. The summed E-state index contributed by atoms with van der Waals surface area (Å²) in [6.45, 7) is 4.29. The molecular formula is C19H16Cl2N2O2. The van der Waals surface area contributed by atoms with E-state index in [0.717, 1.165) is 5.56 Å². The van der Waals surface area contributed by atoms with Gasteiger partial charge < -0.3 is 9.64 Å². The van der Waals surface area contributed by atoms with Crippen LogP contribution in [0.2, 0.25) is 10.0 Å². The van der Waals surface area contributed by atoms with Gasteiger partial charge in [0.25, 0.3) is 5.91 Å². The van der Waals surface area contributed by atoms with Crippen molar-refractivity contribution < 1.29 is 9.53 Å². The Bertz CT molecular complexity index is 798. The first-order chi connectivity index (χ1) is 12.0. The molecule has 2 aromatic carbocycles. The second kappa shape index (κ2) is 9.12. The molecule has 0 saturated heterocycles. The lowest BCUT2D eigenvalue weighted by Crippen LogP contribution is -2.34. The molecule has 0 radical (unpaired) electrons. The van der Waals surface area contributed by atoms with E-state index in [1.54, 1.807) is 41.3 Å². The summed E-state index contributed by atoms with van der Waals surface area (Å²) in [4.78, 5) is 14.1. The van der Waals surface area contributed by atoms with Crippen molar-refractivity contribution in [3.63, 3.8) is 0 Å². The van der Waals surface area contributed by atoms with Gasteiger partial charge >= 0.3 is 0 Å². The van der Waals surface area contributed by atoms with Crippen LogP contribution in [-0.4, -0.2) is 24.0 Å². The van der Waals surface area contributed by atoms with Crippen LogP contribution in [0.1, 0.15) is 11.1 Å². The van der Waals surface area contributed by atoms with Crippen molar-refractivity contribution in [2.75, 3.05) is 13.2 Å². The minimum atomic E-state index is -0.208. The van der Waals surface area contributed by atoms with Gasteiger partial charge in [-0.15, -0.1) is 6.58 Å². The molecule has 128 valence electrons. The fourth-order valence-electron chi connectivity index (χ4n) is 2.13. The van der Waals surface area contributed by atoms with E-state index < -0.39 is 0 Å². The number of nitrogens with zero attached hydrogens (tertiary/aromatic N) is 2. The third kappa shape index (κ3) is 5.53. The highest BCUT2D eigenvalue weighted by atomic mass is 35.5. The molecule has 0 aliphatic rings. The number of benzene rings is 2. The van der Waals surface area contributed by atoms with Gasteiger partial charge in [0.05, 0.1) is 16.7 Å². The Kier molecular flexibility index (Phi) is 6.88. The normalized spacial score (nSPS) is 9.96. The molecule has 0 bridgehead atoms. The molecule has 0 aliphatic heterocycles. The predicted octanol–water partition coefficient (Wildman–Crippen LogP) is 4.46. The standard InChI is InChI=1S/C19H16Cl2N2O2/c1-2-9-23(12-15-5-3-14(11-22)4-6-15)19(24)13-25-18-10-16(20)7-8-17(18)21/h2-8,10H,1,9,12-13H2. The van der Waals surface area contributed by atoms with E-state index in [1.165, 1.54) is 0 Å². The average Bonchev–Trinajstić information content (AvgIpc) is 2.62. The molecule has 0 aliphatic carbocycles. The third-order valence-corrected chi connectivity index (χ3v) is 3.95. The minimum Gasteiger partial charge on any atom is -0.482 e. The first-order valence-electron chi connectivity index (χ1n) is 7.49. The van der Waals surface area contributed by atoms with Gasteiger partial charge in [0.1, 0.15) is 5.75 Å². The molecule has 0 heterocycles. The lowest BCUT2D eigenvalue weighted by atomic mass is 10.1. The first-order valence-corrected chi connectivity index (χ1v) is 8.24. The van der Waals surface area contributed by atoms with E-state index >= 15 is 0 Å². The molecule has 0 saturated carbocycles. The molecule has 4 nitrogen and oxygen atoms in total. The molecule has 2 rings (SSSR count). The largest absolute Gasteiger partial charge is 0.482 e. The number of hydrogen-bond donors (Lipinski definition) is 0. The Morgan fingerprint density at radius 2 is 1.96 bits per heavy atom. The molecule has 2 aromatic rings. The van der Waals surface area contributed by atoms with Crippen LogP contribution in [0.4, 0.5) is 0 Å². The van der Waals surface area contributed by atoms with E-state index in [1.807, 2.05) is 12.1 Å². The summed E-state index contributed by atoms with van der Waals surface area (Å²) in [6, 6.07) is 14.0. The third-order valence-electron chi connectivity index (χ3n) is 3.40. The first kappa shape index (κ1) is 18.9. The van der Waals surface area contributed by atoms with E-state index in [2.05, 4.69) is 12.6 Å². The summed E-state index contributed by atoms with van der Waals surface area (Å²) >= 11 is 11.9. The van der Waals surface area contributed by atoms with E-state index in [-0.39, 0.29) is 12.5 Å². The number of halogens is 2. The number of rotatable bonds is 7. The van der Waals surface area contributed by atoms with Gasteiger partial charge in [0.2, 0.25) is 0 Å². The SMILES string of the molecule is C=CCN(Cc1ccc(C#N)cc1)C(=O)COc1cc(Cl)ccc1Cl. The number of carbonyl (C=O) groups is 1. The Balaban J connectivity index is 2.02. The van der Waals surface area contributed by atoms with E-state index in [4.69, 9.17) is 33.2 Å². The van der Waals surface area contributed by atoms with Crippen LogP contribution in [0.5, 0.6) is 5.75 Å². The highest BCUT2D eigenvalue weighted by Crippen LogP contribution is 2.27. The maximum absolute atomic E-state index is 12.5. The average molecular weight is 375 g/mol. The molecule has 0 N–H and O–H groups in total. The van der Waals surface area contributed by atoms with Crippen molar-refractivity contribution >= 4 is 29.1 Å². The summed E-state index contributed by atoms with van der Waals surface area (Å²) in [5.41, 5.74) is 1.49. The van der Waals surface area contributed by atoms with Crippen LogP contribution in [0.15, 0.2) is 55.1 Å². The zero-order valence-electron chi connectivity index (χ0n) is 13.4. The summed E-state index contributed by atoms with van der Waals surface area (Å²) in [5.74, 6) is 0.153. The van der Waals surface area contributed by atoms with Crippen LogP contribution < -0.4 is 4.74 Å². The number of hydrogen-bond acceptors (Lipinski definition) is 3. The van der Waals surface area contributed by atoms with Crippen LogP contribution in [-0.2, 0) is 11.3 Å². The topological polar surface area (TPSA) is 53.3 Å². The molecule has 1 amide bonds. The number of amides is 1. The Morgan fingerprint density at radius 3 is 2.60 bits per heavy atom. The fraction of sp³-hybridized carbons (Fsp3) is 0.158. The van der Waals surface area contributed by atoms with Gasteiger partial charge in [-0.25, -0.2) is 0 Å². The van der Waals surface area contributed by atoms with Crippen molar-refractivity contribution in [2.24, 2.45) is 0 Å². The van der Waals surface area contributed by atoms with Crippen molar-refractivity contribution in [2.45, 2.75) is 6.54 Å². The van der Waals surface area contributed by atoms with E-state index in [9.17, 15) is 4.79 Å². The molecule has 0 atom stereocenters. The van der Waals surface area contributed by atoms with Crippen molar-refractivity contribution in [1.82, 2.24) is 4.90 Å². The maximum atomic E-state index is 12.5. The Morgan fingerprint density at radius 1 is 1.24 bits per heavy atom. The van der Waals surface area contributed by atoms with Crippen LogP contribution >= 0.6 is 23.2 Å². The highest BCUT2D eigenvalue weighted by Gasteiger charge is 2.14. The smallest absolute Gasteiger partial charge is 0.261 e. The molecule has 0 unspecified atom stereocenters. The molecule has 0 spiro atoms. The number of ether oxygens (including phenoxy) is 1. The number of carbonyl (C=O) groups excluding carboxylic acids is 1. The second-order valence-corrected chi connectivity index (χ2v) is 6.08. The van der Waals surface area contributed by atoms with Crippen LogP contribution in [0.3, 0.4) is 0 Å². The van der Waals surface area contributed by atoms with Gasteiger partial charge in [0, 0.05) is 24.2 Å². The van der Waals surface area contributed by atoms with Gasteiger partial charge in [-0.2, -0.15) is 5.26 Å². The Labute approximate surface area is 156 Å². The van der Waals surface area contributed by atoms with Crippen LogP contribution in [0.25, 0.3) is 0 Å². The fourth-order valence-corrected chi connectivity index (χ4v) is 2.47. The molecule has 0 fully saturated rings. The zero-order valence-corrected chi connectivity index (χ0v) is 14.9. The summed E-state index contributed by atoms with van der Waals surface area (Å²) in [6.07, 6.45) is 1.65. The molecule has 25 heavy (non-hydrogen) atoms. The van der Waals surface area contributed by atoms with E-state index in [0.29, 0.717) is 34.4 Å². The van der Waals surface area contributed by atoms with Gasteiger partial charge in [-0.05, 0) is 29.8 Å². The lowest BCUT2D eigenvalue weighted by molar-refractivity contribution is -0.133. The molecule has 6 heteroatoms. The van der Waals surface area contributed by atoms with Gasteiger partial charge in [-0.3, -0.25) is 4.79 Å². The summed E-state index contributed by atoms with van der Waals surface area (Å²) in [5, 5.41) is 9.71. The highest BCUT2D eigenvalue weighted by molar-refractivity contribution is 6.34. The molecule has 0 aromatic heterocycles. The van der Waals surface area contributed by atoms with Crippen molar-refractivity contribution in [3.8, 4) is 11.8 Å². The van der Waals surface area contributed by atoms with Gasteiger partial charge in [0.15, 0.2) is 6.61 Å². The molecular weight excluding hydrogens is 359 g/mol. The van der Waals surface area contributed by atoms with Crippen molar-refractivity contribution in [3.05, 3.63) is 76.3 Å². The zero-order chi connectivity index (χ0) is 18.2. The quantitative estimate of drug-likeness (QED) is 0.672. The summed E-state index contributed by atoms with van der Waals surface area (Å²) in [7, 11) is 0. The second-order valence-electron chi connectivity index (χ2n) is 5.24. The van der Waals surface area contributed by atoms with Crippen molar-refractivity contribution in [1.29, 1.82) is 5.26 Å². The lowest BCUT2D eigenvalue weighted by Gasteiger charge is -2.21. The minimum absolute atomic E-state index is 0.163. The maximum Gasteiger partial charge on any atom is 0.261 e. The number of nitriles is 1.